The zero-order chi connectivity index (χ0) is 24.6. The fraction of sp³-hybridized carbons (Fsp3) is 0.0769. The Hall–Kier alpha value is -4.53. The number of furan rings is 1. The zero-order valence-corrected chi connectivity index (χ0v) is 18.2. The predicted molar refractivity (Wildman–Crippen MR) is 123 cm³/mol. The number of fused-ring (bicyclic) bond motifs is 1. The quantitative estimate of drug-likeness (QED) is 0.293. The molecule has 35 heavy (non-hydrogen) atoms. The minimum Gasteiger partial charge on any atom is -0.497 e. The third kappa shape index (κ3) is 4.61. The van der Waals surface area contributed by atoms with E-state index >= 15 is 0 Å². The maximum Gasteiger partial charge on any atom is 0.416 e. The molecule has 0 saturated carbocycles. The van der Waals surface area contributed by atoms with E-state index in [0.717, 1.165) is 17.7 Å². The minimum absolute atomic E-state index is 0.0448. The molecule has 0 radical (unpaired) electrons. The van der Waals surface area contributed by atoms with Crippen LogP contribution in [-0.2, 0) is 6.18 Å². The van der Waals surface area contributed by atoms with E-state index in [1.54, 1.807) is 37.4 Å². The Balaban J connectivity index is 1.34. The molecular formula is C26H17F3N2O4. The summed E-state index contributed by atoms with van der Waals surface area (Å²) in [5.41, 5.74) is 1.72. The third-order valence-electron chi connectivity index (χ3n) is 5.29. The summed E-state index contributed by atoms with van der Waals surface area (Å²) in [5.74, 6) is 0.683. The summed E-state index contributed by atoms with van der Waals surface area (Å²) in [6.07, 6.45) is -4.48. The van der Waals surface area contributed by atoms with Crippen molar-refractivity contribution in [3.8, 4) is 28.5 Å². The number of carbonyl (C=O) groups excluding carboxylic acids is 1. The summed E-state index contributed by atoms with van der Waals surface area (Å²) >= 11 is 0. The molecule has 0 fully saturated rings. The van der Waals surface area contributed by atoms with Gasteiger partial charge in [0, 0.05) is 16.8 Å². The van der Waals surface area contributed by atoms with Crippen molar-refractivity contribution in [3.63, 3.8) is 0 Å². The summed E-state index contributed by atoms with van der Waals surface area (Å²) in [7, 11) is 1.58. The molecule has 0 atom stereocenters. The van der Waals surface area contributed by atoms with Crippen LogP contribution in [0.1, 0.15) is 16.1 Å². The highest BCUT2D eigenvalue weighted by Gasteiger charge is 2.30. The second-order valence-electron chi connectivity index (χ2n) is 7.63. The Morgan fingerprint density at radius 1 is 0.914 bits per heavy atom. The number of alkyl halides is 3. The average molecular weight is 478 g/mol. The molecule has 0 aliphatic heterocycles. The number of aromatic nitrogens is 1. The molecule has 0 aliphatic carbocycles. The molecule has 0 bridgehead atoms. The molecule has 5 rings (SSSR count). The van der Waals surface area contributed by atoms with Gasteiger partial charge in [0.2, 0.25) is 5.89 Å². The number of amides is 1. The van der Waals surface area contributed by atoms with Gasteiger partial charge in [-0.2, -0.15) is 13.2 Å². The maximum atomic E-state index is 13.0. The van der Waals surface area contributed by atoms with Crippen molar-refractivity contribution in [1.29, 1.82) is 0 Å². The number of ether oxygens (including phenoxy) is 1. The third-order valence-corrected chi connectivity index (χ3v) is 5.29. The molecule has 2 aromatic heterocycles. The van der Waals surface area contributed by atoms with Gasteiger partial charge >= 0.3 is 6.18 Å². The first-order valence-electron chi connectivity index (χ1n) is 10.4. The number of nitrogens with zero attached hydrogens (tertiary/aromatic N) is 1. The highest BCUT2D eigenvalue weighted by molar-refractivity contribution is 6.03. The molecule has 176 valence electrons. The van der Waals surface area contributed by atoms with Crippen molar-refractivity contribution < 1.29 is 31.5 Å². The molecule has 9 heteroatoms. The van der Waals surface area contributed by atoms with Crippen LogP contribution in [0.3, 0.4) is 0 Å². The van der Waals surface area contributed by atoms with Crippen molar-refractivity contribution in [2.24, 2.45) is 0 Å². The lowest BCUT2D eigenvalue weighted by molar-refractivity contribution is -0.137. The first kappa shape index (κ1) is 22.3. The molecule has 6 nitrogen and oxygen atoms in total. The molecule has 5 aromatic rings. The van der Waals surface area contributed by atoms with Crippen LogP contribution in [0.2, 0.25) is 0 Å². The lowest BCUT2D eigenvalue weighted by atomic mass is 10.1. The molecule has 2 heterocycles. The van der Waals surface area contributed by atoms with Gasteiger partial charge < -0.3 is 18.9 Å². The van der Waals surface area contributed by atoms with Crippen LogP contribution in [0, 0.1) is 0 Å². The zero-order valence-electron chi connectivity index (χ0n) is 18.2. The van der Waals surface area contributed by atoms with Gasteiger partial charge in [-0.1, -0.05) is 12.1 Å². The number of oxazole rings is 1. The van der Waals surface area contributed by atoms with E-state index in [1.807, 2.05) is 12.1 Å². The average Bonchev–Trinajstić information content (AvgIpc) is 3.51. The lowest BCUT2D eigenvalue weighted by Crippen LogP contribution is -2.10. The van der Waals surface area contributed by atoms with Crippen molar-refractivity contribution in [2.45, 2.75) is 6.18 Å². The largest absolute Gasteiger partial charge is 0.497 e. The van der Waals surface area contributed by atoms with Crippen LogP contribution in [0.4, 0.5) is 18.9 Å². The summed E-state index contributed by atoms with van der Waals surface area (Å²) in [5, 5.41) is 2.70. The maximum absolute atomic E-state index is 13.0. The molecule has 0 unspecified atom stereocenters. The van der Waals surface area contributed by atoms with Crippen molar-refractivity contribution in [2.75, 3.05) is 12.4 Å². The number of carbonyl (C=O) groups is 1. The topological polar surface area (TPSA) is 77.5 Å². The van der Waals surface area contributed by atoms with Crippen LogP contribution in [0.15, 0.2) is 87.7 Å². The first-order valence-corrected chi connectivity index (χ1v) is 10.4. The fourth-order valence-electron chi connectivity index (χ4n) is 3.52. The monoisotopic (exact) mass is 478 g/mol. The second kappa shape index (κ2) is 8.68. The van der Waals surface area contributed by atoms with E-state index < -0.39 is 17.6 Å². The van der Waals surface area contributed by atoms with E-state index in [2.05, 4.69) is 10.3 Å². The van der Waals surface area contributed by atoms with Crippen LogP contribution in [0.5, 0.6) is 5.75 Å². The van der Waals surface area contributed by atoms with Crippen LogP contribution in [0.25, 0.3) is 33.9 Å². The number of hydrogen-bond donors (Lipinski definition) is 1. The summed E-state index contributed by atoms with van der Waals surface area (Å²) in [4.78, 5) is 17.1. The number of anilines is 1. The molecule has 0 spiro atoms. The van der Waals surface area contributed by atoms with E-state index in [-0.39, 0.29) is 17.1 Å². The van der Waals surface area contributed by atoms with Crippen LogP contribution >= 0.6 is 0 Å². The SMILES string of the molecule is COc1ccc(-c2nc3cc(NC(=O)c4ccc(-c5cccc(C(F)(F)F)c5)o4)ccc3o2)cc1. The summed E-state index contributed by atoms with van der Waals surface area (Å²) < 4.78 is 55.4. The number of halogens is 3. The number of nitrogens with one attached hydrogen (secondary N) is 1. The Labute approximate surface area is 197 Å². The number of benzene rings is 3. The molecule has 0 saturated heterocycles. The predicted octanol–water partition coefficient (Wildman–Crippen LogP) is 7.03. The number of rotatable bonds is 5. The van der Waals surface area contributed by atoms with Gasteiger partial charge in [-0.15, -0.1) is 0 Å². The van der Waals surface area contributed by atoms with Gasteiger partial charge in [-0.3, -0.25) is 4.79 Å². The lowest BCUT2D eigenvalue weighted by Gasteiger charge is -2.07. The smallest absolute Gasteiger partial charge is 0.416 e. The summed E-state index contributed by atoms with van der Waals surface area (Å²) in [6.45, 7) is 0. The standard InChI is InChI=1S/C26H17F3N2O4/c1-33-19-8-5-15(6-9-19)25-31-20-14-18(7-10-22(20)35-25)30-24(32)23-12-11-21(34-23)16-3-2-4-17(13-16)26(27,28)29/h2-14H,1H3,(H,30,32). The Kier molecular flexibility index (Phi) is 5.52. The van der Waals surface area contributed by atoms with Crippen LogP contribution < -0.4 is 10.1 Å². The number of hydrogen-bond acceptors (Lipinski definition) is 5. The van der Waals surface area contributed by atoms with Crippen LogP contribution in [-0.4, -0.2) is 18.0 Å². The Morgan fingerprint density at radius 2 is 1.71 bits per heavy atom. The van der Waals surface area contributed by atoms with E-state index in [9.17, 15) is 18.0 Å². The van der Waals surface area contributed by atoms with Crippen molar-refractivity contribution in [3.05, 3.63) is 90.2 Å². The van der Waals surface area contributed by atoms with E-state index in [1.165, 1.54) is 24.3 Å². The van der Waals surface area contributed by atoms with Gasteiger partial charge in [0.15, 0.2) is 11.3 Å². The van der Waals surface area contributed by atoms with Gasteiger partial charge in [0.1, 0.15) is 17.0 Å². The first-order chi connectivity index (χ1) is 16.8. The molecule has 0 aliphatic rings. The Morgan fingerprint density at radius 3 is 2.46 bits per heavy atom. The minimum atomic E-state index is -4.48. The molecule has 1 amide bonds. The van der Waals surface area contributed by atoms with Gasteiger partial charge in [0.05, 0.1) is 12.7 Å². The van der Waals surface area contributed by atoms with E-state index in [0.29, 0.717) is 28.4 Å². The van der Waals surface area contributed by atoms with Gasteiger partial charge in [-0.25, -0.2) is 4.98 Å². The van der Waals surface area contributed by atoms with Gasteiger partial charge in [0.25, 0.3) is 5.91 Å². The molecule has 1 N–H and O–H groups in total. The van der Waals surface area contributed by atoms with Gasteiger partial charge in [-0.05, 0) is 66.7 Å². The van der Waals surface area contributed by atoms with Crippen molar-refractivity contribution >= 4 is 22.7 Å². The van der Waals surface area contributed by atoms with Crippen molar-refractivity contribution in [1.82, 2.24) is 4.98 Å². The summed E-state index contributed by atoms with van der Waals surface area (Å²) in [6, 6.07) is 19.8. The molecular weight excluding hydrogens is 461 g/mol. The normalized spacial score (nSPS) is 11.5. The van der Waals surface area contributed by atoms with E-state index in [4.69, 9.17) is 13.6 Å². The Bertz CT molecular complexity index is 1520. The highest BCUT2D eigenvalue weighted by Crippen LogP contribution is 2.33. The number of methoxy groups -OCH3 is 1. The fourth-order valence-corrected chi connectivity index (χ4v) is 3.52. The molecule has 3 aromatic carbocycles. The highest BCUT2D eigenvalue weighted by atomic mass is 19.4. The second-order valence-corrected chi connectivity index (χ2v) is 7.63.